The molecule has 1 nitrogen and oxygen atoms in total. The van der Waals surface area contributed by atoms with Gasteiger partial charge in [0.1, 0.15) is 5.75 Å². The van der Waals surface area contributed by atoms with Crippen LogP contribution in [-0.4, -0.2) is 5.11 Å². The maximum atomic E-state index is 9.87. The third-order valence-electron chi connectivity index (χ3n) is 5.98. The first-order chi connectivity index (χ1) is 8.79. The van der Waals surface area contributed by atoms with Gasteiger partial charge in [-0.1, -0.05) is 25.3 Å². The second kappa shape index (κ2) is 3.76. The highest BCUT2D eigenvalue weighted by atomic mass is 16.3. The molecule has 18 heavy (non-hydrogen) atoms. The second-order valence-electron chi connectivity index (χ2n) is 6.71. The summed E-state index contributed by atoms with van der Waals surface area (Å²) in [6, 6.07) is 6.17. The van der Waals surface area contributed by atoms with E-state index >= 15 is 0 Å². The summed E-state index contributed by atoms with van der Waals surface area (Å²) in [4.78, 5) is 0. The molecule has 1 N–H and O–H groups in total. The minimum atomic E-state index is 0.438. The van der Waals surface area contributed by atoms with E-state index in [1.165, 1.54) is 62.5 Å². The summed E-state index contributed by atoms with van der Waals surface area (Å²) >= 11 is 0. The Morgan fingerprint density at radius 3 is 2.89 bits per heavy atom. The molecule has 0 aliphatic heterocycles. The third kappa shape index (κ3) is 1.34. The number of fused-ring (bicyclic) bond motifs is 1. The first-order valence-corrected chi connectivity index (χ1v) is 7.62. The van der Waals surface area contributed by atoms with Gasteiger partial charge in [0, 0.05) is 0 Å². The normalized spacial score (nSPS) is 37.8. The first-order valence-electron chi connectivity index (χ1n) is 7.62. The van der Waals surface area contributed by atoms with Crippen LogP contribution in [0.15, 0.2) is 18.2 Å². The van der Waals surface area contributed by atoms with Gasteiger partial charge in [-0.15, -0.1) is 0 Å². The molecule has 3 atom stereocenters. The van der Waals surface area contributed by atoms with Crippen LogP contribution in [0, 0.1) is 11.8 Å². The lowest BCUT2D eigenvalue weighted by atomic mass is 9.49. The SMILES string of the molecule is Oc1ccc2c(c1)[C@@]13CCCCC1[C@H](CCC3)C2. The number of rotatable bonds is 0. The van der Waals surface area contributed by atoms with E-state index in [2.05, 4.69) is 12.1 Å². The van der Waals surface area contributed by atoms with Crippen LogP contribution in [0.3, 0.4) is 0 Å². The minimum absolute atomic E-state index is 0.438. The summed E-state index contributed by atoms with van der Waals surface area (Å²) in [5.41, 5.74) is 3.49. The first kappa shape index (κ1) is 10.9. The van der Waals surface area contributed by atoms with Crippen molar-refractivity contribution < 1.29 is 5.11 Å². The molecule has 0 amide bonds. The summed E-state index contributed by atoms with van der Waals surface area (Å²) in [5.74, 6) is 2.31. The highest BCUT2D eigenvalue weighted by Gasteiger charge is 2.51. The van der Waals surface area contributed by atoms with E-state index in [-0.39, 0.29) is 0 Å². The van der Waals surface area contributed by atoms with E-state index in [4.69, 9.17) is 0 Å². The second-order valence-corrected chi connectivity index (χ2v) is 6.71. The number of aromatic hydroxyl groups is 1. The van der Waals surface area contributed by atoms with Crippen molar-refractivity contribution in [2.75, 3.05) is 0 Å². The van der Waals surface area contributed by atoms with Crippen molar-refractivity contribution in [1.29, 1.82) is 0 Å². The molecule has 0 radical (unpaired) electrons. The molecule has 2 bridgehead atoms. The molecule has 0 spiro atoms. The Bertz CT molecular complexity index is 474. The topological polar surface area (TPSA) is 20.2 Å². The molecule has 1 aromatic carbocycles. The number of phenolic OH excluding ortho intramolecular Hbond substituents is 1. The average molecular weight is 242 g/mol. The molecule has 1 unspecified atom stereocenters. The highest BCUT2D eigenvalue weighted by molar-refractivity contribution is 5.44. The van der Waals surface area contributed by atoms with Gasteiger partial charge >= 0.3 is 0 Å². The third-order valence-corrected chi connectivity index (χ3v) is 5.98. The average Bonchev–Trinajstić information content (AvgIpc) is 2.40. The zero-order valence-corrected chi connectivity index (χ0v) is 11.0. The summed E-state index contributed by atoms with van der Waals surface area (Å²) in [7, 11) is 0. The van der Waals surface area contributed by atoms with Gasteiger partial charge < -0.3 is 5.11 Å². The predicted molar refractivity (Wildman–Crippen MR) is 72.8 cm³/mol. The van der Waals surface area contributed by atoms with Crippen LogP contribution in [0.25, 0.3) is 0 Å². The van der Waals surface area contributed by atoms with Gasteiger partial charge in [-0.05, 0) is 72.6 Å². The van der Waals surface area contributed by atoms with Crippen LogP contribution in [0.2, 0.25) is 0 Å². The van der Waals surface area contributed by atoms with Gasteiger partial charge in [-0.2, -0.15) is 0 Å². The molecule has 3 aliphatic carbocycles. The molecular weight excluding hydrogens is 220 g/mol. The van der Waals surface area contributed by atoms with E-state index in [0.29, 0.717) is 11.2 Å². The Morgan fingerprint density at radius 2 is 1.94 bits per heavy atom. The fourth-order valence-electron chi connectivity index (χ4n) is 5.35. The highest BCUT2D eigenvalue weighted by Crippen LogP contribution is 2.58. The molecule has 3 aliphatic rings. The predicted octanol–water partition coefficient (Wildman–Crippen LogP) is 4.18. The van der Waals surface area contributed by atoms with E-state index in [1.807, 2.05) is 6.07 Å². The molecule has 1 heteroatoms. The van der Waals surface area contributed by atoms with E-state index in [9.17, 15) is 5.11 Å². The van der Waals surface area contributed by atoms with Crippen molar-refractivity contribution in [3.63, 3.8) is 0 Å². The summed E-state index contributed by atoms with van der Waals surface area (Å²) in [5, 5.41) is 9.87. The minimum Gasteiger partial charge on any atom is -0.508 e. The van der Waals surface area contributed by atoms with Crippen LogP contribution in [-0.2, 0) is 11.8 Å². The van der Waals surface area contributed by atoms with Crippen LogP contribution >= 0.6 is 0 Å². The van der Waals surface area contributed by atoms with Crippen LogP contribution in [0.4, 0.5) is 0 Å². The Hall–Kier alpha value is -0.980. The lowest BCUT2D eigenvalue weighted by molar-refractivity contribution is 0.0521. The number of benzene rings is 1. The molecule has 4 rings (SSSR count). The van der Waals surface area contributed by atoms with E-state index in [1.54, 1.807) is 0 Å². The van der Waals surface area contributed by atoms with Crippen LogP contribution in [0.1, 0.15) is 56.1 Å². The number of hydrogen-bond donors (Lipinski definition) is 1. The zero-order valence-electron chi connectivity index (χ0n) is 11.0. The molecular formula is C17H22O. The molecule has 2 fully saturated rings. The summed E-state index contributed by atoms with van der Waals surface area (Å²) in [6.45, 7) is 0. The van der Waals surface area contributed by atoms with Crippen molar-refractivity contribution in [3.8, 4) is 5.75 Å². The Morgan fingerprint density at radius 1 is 1.06 bits per heavy atom. The van der Waals surface area contributed by atoms with Crippen LogP contribution in [0.5, 0.6) is 5.75 Å². The Balaban J connectivity index is 1.91. The van der Waals surface area contributed by atoms with Gasteiger partial charge in [0.2, 0.25) is 0 Å². The van der Waals surface area contributed by atoms with E-state index < -0.39 is 0 Å². The standard InChI is InChI=1S/C17H22O/c18-14-7-6-13-10-12-4-3-9-17(16(13)11-14)8-2-1-5-15(12)17/h6-7,11-12,15,18H,1-5,8-10H2/t12-,15?,17-/m1/s1. The monoisotopic (exact) mass is 242 g/mol. The molecule has 0 saturated heterocycles. The van der Waals surface area contributed by atoms with Crippen LogP contribution < -0.4 is 0 Å². The molecule has 1 aromatic rings. The Labute approximate surface area is 109 Å². The number of hydrogen-bond acceptors (Lipinski definition) is 1. The van der Waals surface area contributed by atoms with Crippen molar-refractivity contribution in [3.05, 3.63) is 29.3 Å². The molecule has 0 heterocycles. The fraction of sp³-hybridized carbons (Fsp3) is 0.647. The Kier molecular flexibility index (Phi) is 2.27. The lowest BCUT2D eigenvalue weighted by Crippen LogP contribution is -2.49. The quantitative estimate of drug-likeness (QED) is 0.723. The van der Waals surface area contributed by atoms with Crippen molar-refractivity contribution in [1.82, 2.24) is 0 Å². The summed E-state index contributed by atoms with van der Waals surface area (Å²) in [6.07, 6.45) is 11.1. The van der Waals surface area contributed by atoms with Gasteiger partial charge in [-0.25, -0.2) is 0 Å². The zero-order chi connectivity index (χ0) is 12.2. The smallest absolute Gasteiger partial charge is 0.115 e. The molecule has 0 aromatic heterocycles. The molecule has 96 valence electrons. The lowest BCUT2D eigenvalue weighted by Gasteiger charge is -2.55. The maximum Gasteiger partial charge on any atom is 0.115 e. The van der Waals surface area contributed by atoms with Gasteiger partial charge in [0.15, 0.2) is 0 Å². The molecule has 2 saturated carbocycles. The van der Waals surface area contributed by atoms with Crippen molar-refractivity contribution in [2.24, 2.45) is 11.8 Å². The van der Waals surface area contributed by atoms with Crippen molar-refractivity contribution in [2.45, 2.75) is 56.8 Å². The van der Waals surface area contributed by atoms with Gasteiger partial charge in [0.25, 0.3) is 0 Å². The number of phenols is 1. The van der Waals surface area contributed by atoms with Crippen molar-refractivity contribution >= 4 is 0 Å². The summed E-state index contributed by atoms with van der Waals surface area (Å²) < 4.78 is 0. The largest absolute Gasteiger partial charge is 0.508 e. The van der Waals surface area contributed by atoms with E-state index in [0.717, 1.165) is 11.8 Å². The van der Waals surface area contributed by atoms with Gasteiger partial charge in [0.05, 0.1) is 0 Å². The van der Waals surface area contributed by atoms with Gasteiger partial charge in [-0.3, -0.25) is 0 Å². The maximum absolute atomic E-state index is 9.87. The fourth-order valence-corrected chi connectivity index (χ4v) is 5.35.